The molecule has 0 saturated carbocycles. The van der Waals surface area contributed by atoms with Gasteiger partial charge in [0.25, 0.3) is 0 Å². The first kappa shape index (κ1) is 12.7. The molecule has 20 heavy (non-hydrogen) atoms. The van der Waals surface area contributed by atoms with E-state index in [2.05, 4.69) is 23.1 Å². The van der Waals surface area contributed by atoms with Crippen LogP contribution in [-0.4, -0.2) is 28.3 Å². The molecule has 2 N–H and O–H groups in total. The van der Waals surface area contributed by atoms with Crippen LogP contribution in [0, 0.1) is 11.3 Å². The van der Waals surface area contributed by atoms with Gasteiger partial charge in [-0.2, -0.15) is 10.4 Å². The second-order valence-electron chi connectivity index (χ2n) is 5.20. The summed E-state index contributed by atoms with van der Waals surface area (Å²) in [6.07, 6.45) is 0.940. The van der Waals surface area contributed by atoms with Crippen molar-refractivity contribution in [2.24, 2.45) is 0 Å². The van der Waals surface area contributed by atoms with Gasteiger partial charge in [-0.05, 0) is 19.2 Å². The maximum absolute atomic E-state index is 8.95. The lowest BCUT2D eigenvalue weighted by atomic mass is 10.0. The first-order valence-corrected chi connectivity index (χ1v) is 6.69. The van der Waals surface area contributed by atoms with E-state index in [1.165, 1.54) is 11.3 Å². The molecular formula is C15H17N5. The van der Waals surface area contributed by atoms with Crippen molar-refractivity contribution < 1.29 is 0 Å². The monoisotopic (exact) mass is 267 g/mol. The minimum absolute atomic E-state index is 0.307. The summed E-state index contributed by atoms with van der Waals surface area (Å²) in [5.41, 5.74) is 10.9. The van der Waals surface area contributed by atoms with E-state index in [0.29, 0.717) is 6.54 Å². The van der Waals surface area contributed by atoms with Gasteiger partial charge in [-0.15, -0.1) is 0 Å². The SMILES string of the molecule is CN1CCc2c(c(-c3ccc(N)cc3)nn2CC#N)C1. The summed E-state index contributed by atoms with van der Waals surface area (Å²) in [6.45, 7) is 2.19. The van der Waals surface area contributed by atoms with E-state index in [1.807, 2.05) is 28.9 Å². The topological polar surface area (TPSA) is 70.9 Å². The Morgan fingerprint density at radius 1 is 1.35 bits per heavy atom. The molecule has 102 valence electrons. The molecule has 1 aliphatic rings. The molecule has 3 rings (SSSR count). The largest absolute Gasteiger partial charge is 0.399 e. The average Bonchev–Trinajstić information content (AvgIpc) is 2.78. The number of nitrogens with zero attached hydrogens (tertiary/aromatic N) is 4. The summed E-state index contributed by atoms with van der Waals surface area (Å²) in [4.78, 5) is 2.28. The Bertz CT molecular complexity index is 663. The lowest BCUT2D eigenvalue weighted by molar-refractivity contribution is 0.308. The van der Waals surface area contributed by atoms with Crippen LogP contribution >= 0.6 is 0 Å². The van der Waals surface area contributed by atoms with Crippen molar-refractivity contribution in [3.63, 3.8) is 0 Å². The van der Waals surface area contributed by atoms with E-state index >= 15 is 0 Å². The molecule has 0 spiro atoms. The predicted molar refractivity (Wildman–Crippen MR) is 77.7 cm³/mol. The number of fused-ring (bicyclic) bond motifs is 1. The second-order valence-corrected chi connectivity index (χ2v) is 5.20. The zero-order valence-corrected chi connectivity index (χ0v) is 11.5. The summed E-state index contributed by atoms with van der Waals surface area (Å²) in [6, 6.07) is 9.94. The third-order valence-electron chi connectivity index (χ3n) is 3.73. The fraction of sp³-hybridized carbons (Fsp3) is 0.333. The number of aromatic nitrogens is 2. The van der Waals surface area contributed by atoms with Crippen molar-refractivity contribution in [1.29, 1.82) is 5.26 Å². The van der Waals surface area contributed by atoms with E-state index in [1.54, 1.807) is 0 Å². The van der Waals surface area contributed by atoms with Gasteiger partial charge in [0.05, 0.1) is 11.8 Å². The number of nitrogen functional groups attached to an aromatic ring is 1. The first-order valence-electron chi connectivity index (χ1n) is 6.69. The molecule has 0 saturated heterocycles. The van der Waals surface area contributed by atoms with Crippen LogP contribution in [0.4, 0.5) is 5.69 Å². The maximum Gasteiger partial charge on any atom is 0.128 e. The van der Waals surface area contributed by atoms with Gasteiger partial charge in [0.2, 0.25) is 0 Å². The van der Waals surface area contributed by atoms with Gasteiger partial charge >= 0.3 is 0 Å². The molecule has 5 nitrogen and oxygen atoms in total. The molecule has 0 aliphatic carbocycles. The Morgan fingerprint density at radius 2 is 2.10 bits per heavy atom. The molecule has 2 heterocycles. The number of benzene rings is 1. The Labute approximate surface area is 118 Å². The molecule has 1 aliphatic heterocycles. The second kappa shape index (κ2) is 4.99. The Hall–Kier alpha value is -2.32. The van der Waals surface area contributed by atoms with E-state index in [-0.39, 0.29) is 0 Å². The van der Waals surface area contributed by atoms with E-state index in [4.69, 9.17) is 11.0 Å². The average molecular weight is 267 g/mol. The summed E-state index contributed by atoms with van der Waals surface area (Å²) in [5, 5.41) is 13.6. The molecule has 0 atom stereocenters. The molecular weight excluding hydrogens is 250 g/mol. The number of nitrogens with two attached hydrogens (primary N) is 1. The molecule has 0 radical (unpaired) electrons. The van der Waals surface area contributed by atoms with Crippen LogP contribution in [0.1, 0.15) is 11.3 Å². The molecule has 0 bridgehead atoms. The van der Waals surface area contributed by atoms with Gasteiger partial charge in [0, 0.05) is 42.0 Å². The van der Waals surface area contributed by atoms with Crippen molar-refractivity contribution >= 4 is 5.69 Å². The highest BCUT2D eigenvalue weighted by Gasteiger charge is 2.23. The fourth-order valence-electron chi connectivity index (χ4n) is 2.70. The molecule has 1 aromatic heterocycles. The highest BCUT2D eigenvalue weighted by Crippen LogP contribution is 2.30. The predicted octanol–water partition coefficient (Wildman–Crippen LogP) is 1.64. The highest BCUT2D eigenvalue weighted by atomic mass is 15.3. The van der Waals surface area contributed by atoms with Crippen LogP contribution in [0.15, 0.2) is 24.3 Å². The van der Waals surface area contributed by atoms with Crippen molar-refractivity contribution in [2.45, 2.75) is 19.5 Å². The summed E-state index contributed by atoms with van der Waals surface area (Å²) < 4.78 is 1.84. The number of rotatable bonds is 2. The van der Waals surface area contributed by atoms with Crippen LogP contribution in [0.5, 0.6) is 0 Å². The van der Waals surface area contributed by atoms with Crippen molar-refractivity contribution in [3.05, 3.63) is 35.5 Å². The summed E-state index contributed by atoms with van der Waals surface area (Å²) in [7, 11) is 2.11. The zero-order valence-electron chi connectivity index (χ0n) is 11.5. The van der Waals surface area contributed by atoms with Crippen molar-refractivity contribution in [1.82, 2.24) is 14.7 Å². The molecule has 0 fully saturated rings. The Morgan fingerprint density at radius 3 is 2.80 bits per heavy atom. The zero-order chi connectivity index (χ0) is 14.1. The fourth-order valence-corrected chi connectivity index (χ4v) is 2.70. The van der Waals surface area contributed by atoms with Gasteiger partial charge in [-0.1, -0.05) is 12.1 Å². The number of anilines is 1. The van der Waals surface area contributed by atoms with Crippen LogP contribution < -0.4 is 5.73 Å². The number of nitriles is 1. The lowest BCUT2D eigenvalue weighted by Crippen LogP contribution is -2.27. The van der Waals surface area contributed by atoms with E-state index in [9.17, 15) is 0 Å². The molecule has 2 aromatic rings. The van der Waals surface area contributed by atoms with Gasteiger partial charge in [-0.3, -0.25) is 4.68 Å². The van der Waals surface area contributed by atoms with Crippen LogP contribution in [-0.2, 0) is 19.5 Å². The summed E-state index contributed by atoms with van der Waals surface area (Å²) in [5.74, 6) is 0. The van der Waals surface area contributed by atoms with Crippen LogP contribution in [0.25, 0.3) is 11.3 Å². The van der Waals surface area contributed by atoms with E-state index < -0.39 is 0 Å². The molecule has 5 heteroatoms. The van der Waals surface area contributed by atoms with Gasteiger partial charge in [-0.25, -0.2) is 0 Å². The third-order valence-corrected chi connectivity index (χ3v) is 3.73. The smallest absolute Gasteiger partial charge is 0.128 e. The highest BCUT2D eigenvalue weighted by molar-refractivity contribution is 5.66. The van der Waals surface area contributed by atoms with Gasteiger partial charge < -0.3 is 10.6 Å². The number of hydrogen-bond donors (Lipinski definition) is 1. The van der Waals surface area contributed by atoms with Gasteiger partial charge in [0.15, 0.2) is 0 Å². The number of likely N-dealkylation sites (N-methyl/N-ethyl adjacent to an activating group) is 1. The minimum atomic E-state index is 0.307. The normalized spacial score (nSPS) is 14.8. The first-order chi connectivity index (χ1) is 9.69. The minimum Gasteiger partial charge on any atom is -0.399 e. The molecule has 0 amide bonds. The molecule has 0 unspecified atom stereocenters. The third kappa shape index (κ3) is 2.15. The molecule has 1 aromatic carbocycles. The van der Waals surface area contributed by atoms with Crippen LogP contribution in [0.2, 0.25) is 0 Å². The Balaban J connectivity index is 2.11. The van der Waals surface area contributed by atoms with Gasteiger partial charge in [0.1, 0.15) is 6.54 Å². The van der Waals surface area contributed by atoms with E-state index in [0.717, 1.165) is 36.5 Å². The standard InChI is InChI=1S/C15H17N5/c1-19-8-6-14-13(10-19)15(18-20(14)9-7-16)11-2-4-12(17)5-3-11/h2-5H,6,8-10,17H2,1H3. The van der Waals surface area contributed by atoms with Crippen LogP contribution in [0.3, 0.4) is 0 Å². The Kier molecular flexibility index (Phi) is 3.17. The maximum atomic E-state index is 8.95. The number of hydrogen-bond acceptors (Lipinski definition) is 4. The summed E-state index contributed by atoms with van der Waals surface area (Å²) >= 11 is 0. The lowest BCUT2D eigenvalue weighted by Gasteiger charge is -2.23. The van der Waals surface area contributed by atoms with Crippen molar-refractivity contribution in [3.8, 4) is 17.3 Å². The quantitative estimate of drug-likeness (QED) is 0.840. The van der Waals surface area contributed by atoms with Crippen molar-refractivity contribution in [2.75, 3.05) is 19.3 Å².